The molecule has 3 rings (SSSR count). The zero-order chi connectivity index (χ0) is 15.0. The Morgan fingerprint density at radius 3 is 2.71 bits per heavy atom. The van der Waals surface area contributed by atoms with E-state index >= 15 is 0 Å². The topological polar surface area (TPSA) is 36.4 Å². The van der Waals surface area contributed by atoms with Crippen LogP contribution >= 0.6 is 0 Å². The predicted octanol–water partition coefficient (Wildman–Crippen LogP) is 2.98. The monoisotopic (exact) mass is 290 g/mol. The highest BCUT2D eigenvalue weighted by Crippen LogP contribution is 2.30. The summed E-state index contributed by atoms with van der Waals surface area (Å²) in [5, 5.41) is 9.09. The van der Waals surface area contributed by atoms with Gasteiger partial charge in [0, 0.05) is 36.0 Å². The van der Waals surface area contributed by atoms with E-state index in [0.717, 1.165) is 13.1 Å². The van der Waals surface area contributed by atoms with Gasteiger partial charge >= 0.3 is 0 Å². The first-order valence-electron chi connectivity index (χ1n) is 6.89. The first-order chi connectivity index (χ1) is 10.1. The third kappa shape index (κ3) is 2.49. The van der Waals surface area contributed by atoms with Gasteiger partial charge in [-0.2, -0.15) is 0 Å². The second-order valence-corrected chi connectivity index (χ2v) is 5.48. The molecule has 1 fully saturated rings. The van der Waals surface area contributed by atoms with E-state index in [1.165, 1.54) is 18.3 Å². The van der Waals surface area contributed by atoms with Crippen LogP contribution in [0, 0.1) is 17.6 Å². The molecule has 1 aromatic heterocycles. The Bertz CT molecular complexity index is 669. The molecule has 1 aliphatic heterocycles. The molecule has 0 unspecified atom stereocenters. The Morgan fingerprint density at radius 1 is 1.33 bits per heavy atom. The zero-order valence-electron chi connectivity index (χ0n) is 11.7. The van der Waals surface area contributed by atoms with Gasteiger partial charge in [0.2, 0.25) is 0 Å². The minimum Gasteiger partial charge on any atom is -0.392 e. The summed E-state index contributed by atoms with van der Waals surface area (Å²) in [7, 11) is 0. The fourth-order valence-corrected chi connectivity index (χ4v) is 2.61. The van der Waals surface area contributed by atoms with Crippen LogP contribution in [0.25, 0.3) is 11.1 Å². The van der Waals surface area contributed by atoms with Crippen molar-refractivity contribution in [3.63, 3.8) is 0 Å². The Balaban J connectivity index is 1.95. The average Bonchev–Trinajstić information content (AvgIpc) is 2.44. The van der Waals surface area contributed by atoms with Crippen LogP contribution in [0.1, 0.15) is 12.5 Å². The highest BCUT2D eigenvalue weighted by molar-refractivity contribution is 5.66. The molecule has 3 nitrogen and oxygen atoms in total. The summed E-state index contributed by atoms with van der Waals surface area (Å²) in [6, 6.07) is 5.98. The molecule has 1 aromatic carbocycles. The maximum atomic E-state index is 14.2. The van der Waals surface area contributed by atoms with E-state index in [4.69, 9.17) is 5.11 Å². The van der Waals surface area contributed by atoms with Crippen LogP contribution in [0.3, 0.4) is 0 Å². The Hall–Kier alpha value is -2.01. The van der Waals surface area contributed by atoms with Gasteiger partial charge in [0.25, 0.3) is 0 Å². The van der Waals surface area contributed by atoms with Crippen molar-refractivity contribution in [2.45, 2.75) is 13.5 Å². The lowest BCUT2D eigenvalue weighted by Gasteiger charge is -2.38. The number of benzene rings is 1. The van der Waals surface area contributed by atoms with Gasteiger partial charge in [-0.1, -0.05) is 25.1 Å². The van der Waals surface area contributed by atoms with Crippen molar-refractivity contribution in [3.8, 4) is 11.1 Å². The third-order valence-electron chi connectivity index (χ3n) is 3.75. The number of aromatic nitrogens is 1. The summed E-state index contributed by atoms with van der Waals surface area (Å²) >= 11 is 0. The number of nitrogens with zero attached hydrogens (tertiary/aromatic N) is 2. The molecule has 2 heterocycles. The minimum absolute atomic E-state index is 0.188. The van der Waals surface area contributed by atoms with Crippen molar-refractivity contribution in [2.75, 3.05) is 18.0 Å². The molecule has 1 saturated heterocycles. The van der Waals surface area contributed by atoms with Gasteiger partial charge in [-0.3, -0.25) is 0 Å². The van der Waals surface area contributed by atoms with Crippen LogP contribution < -0.4 is 4.90 Å². The average molecular weight is 290 g/mol. The third-order valence-corrected chi connectivity index (χ3v) is 3.75. The van der Waals surface area contributed by atoms with E-state index < -0.39 is 11.6 Å². The maximum absolute atomic E-state index is 14.2. The number of rotatable bonds is 3. The molecule has 5 heteroatoms. The van der Waals surface area contributed by atoms with Crippen LogP contribution in [-0.4, -0.2) is 23.2 Å². The highest BCUT2D eigenvalue weighted by Gasteiger charge is 2.26. The van der Waals surface area contributed by atoms with Gasteiger partial charge in [-0.15, -0.1) is 0 Å². The maximum Gasteiger partial charge on any atom is 0.166 e. The quantitative estimate of drug-likeness (QED) is 0.944. The normalized spacial score (nSPS) is 15.1. The van der Waals surface area contributed by atoms with E-state index in [1.54, 1.807) is 12.1 Å². The Kier molecular flexibility index (Phi) is 3.59. The zero-order valence-corrected chi connectivity index (χ0v) is 11.7. The summed E-state index contributed by atoms with van der Waals surface area (Å²) in [4.78, 5) is 5.99. The summed E-state index contributed by atoms with van der Waals surface area (Å²) < 4.78 is 28.3. The van der Waals surface area contributed by atoms with Crippen LogP contribution in [-0.2, 0) is 6.61 Å². The lowest BCUT2D eigenvalue weighted by atomic mass is 10.0. The van der Waals surface area contributed by atoms with Crippen LogP contribution in [0.5, 0.6) is 0 Å². The smallest absolute Gasteiger partial charge is 0.166 e. The fraction of sp³-hybridized carbons (Fsp3) is 0.312. The van der Waals surface area contributed by atoms with E-state index in [0.29, 0.717) is 17.3 Å². The molecule has 0 bridgehead atoms. The summed E-state index contributed by atoms with van der Waals surface area (Å²) in [5.74, 6) is -0.125. The predicted molar refractivity (Wildman–Crippen MR) is 76.9 cm³/mol. The number of halogens is 2. The number of anilines is 1. The lowest BCUT2D eigenvalue weighted by Crippen LogP contribution is -2.46. The number of aliphatic hydroxyl groups excluding tert-OH is 1. The lowest BCUT2D eigenvalue weighted by molar-refractivity contribution is 0.276. The van der Waals surface area contributed by atoms with Gasteiger partial charge in [-0.25, -0.2) is 13.8 Å². The summed E-state index contributed by atoms with van der Waals surface area (Å²) in [6.45, 7) is 3.28. The van der Waals surface area contributed by atoms with E-state index in [-0.39, 0.29) is 17.7 Å². The molecule has 110 valence electrons. The molecule has 2 aromatic rings. The Labute approximate surface area is 121 Å². The summed E-state index contributed by atoms with van der Waals surface area (Å²) in [6.07, 6.45) is 1.47. The van der Waals surface area contributed by atoms with Crippen molar-refractivity contribution >= 4 is 5.82 Å². The number of hydrogen-bond acceptors (Lipinski definition) is 3. The largest absolute Gasteiger partial charge is 0.392 e. The highest BCUT2D eigenvalue weighted by atomic mass is 19.1. The molecule has 0 spiro atoms. The van der Waals surface area contributed by atoms with E-state index in [9.17, 15) is 8.78 Å². The molecule has 0 saturated carbocycles. The standard InChI is InChI=1S/C16H16F2N2O/c1-10-7-20(8-10)16-14(17)5-12(6-19-16)13-4-2-3-11(9-21)15(13)18/h2-6,10,21H,7-9H2,1H3. The van der Waals surface area contributed by atoms with Crippen molar-refractivity contribution in [1.82, 2.24) is 4.98 Å². The molecule has 0 atom stereocenters. The van der Waals surface area contributed by atoms with Gasteiger partial charge in [-0.05, 0) is 12.0 Å². The number of aliphatic hydroxyl groups is 1. The SMILES string of the molecule is CC1CN(c2ncc(-c3cccc(CO)c3F)cc2F)C1. The summed E-state index contributed by atoms with van der Waals surface area (Å²) in [5.41, 5.74) is 0.808. The molecule has 0 aliphatic carbocycles. The molecule has 0 radical (unpaired) electrons. The number of pyridine rings is 1. The number of hydrogen-bond donors (Lipinski definition) is 1. The van der Waals surface area contributed by atoms with E-state index in [2.05, 4.69) is 11.9 Å². The van der Waals surface area contributed by atoms with Gasteiger partial charge in [0.15, 0.2) is 11.6 Å². The molecular weight excluding hydrogens is 274 g/mol. The van der Waals surface area contributed by atoms with Crippen molar-refractivity contribution in [1.29, 1.82) is 0 Å². The van der Waals surface area contributed by atoms with Gasteiger partial charge in [0.1, 0.15) is 5.82 Å². The molecular formula is C16H16F2N2O. The van der Waals surface area contributed by atoms with E-state index in [1.807, 2.05) is 4.90 Å². The van der Waals surface area contributed by atoms with Crippen molar-refractivity contribution in [3.05, 3.63) is 47.7 Å². The van der Waals surface area contributed by atoms with Crippen molar-refractivity contribution < 1.29 is 13.9 Å². The molecule has 21 heavy (non-hydrogen) atoms. The van der Waals surface area contributed by atoms with Crippen LogP contribution in [0.2, 0.25) is 0 Å². The molecule has 0 amide bonds. The second kappa shape index (κ2) is 5.41. The fourth-order valence-electron chi connectivity index (χ4n) is 2.61. The van der Waals surface area contributed by atoms with Gasteiger partial charge in [0.05, 0.1) is 6.61 Å². The molecule has 1 N–H and O–H groups in total. The van der Waals surface area contributed by atoms with Crippen LogP contribution in [0.15, 0.2) is 30.5 Å². The van der Waals surface area contributed by atoms with Crippen molar-refractivity contribution in [2.24, 2.45) is 5.92 Å². The Morgan fingerprint density at radius 2 is 2.10 bits per heavy atom. The first kappa shape index (κ1) is 13.9. The van der Waals surface area contributed by atoms with Crippen LogP contribution in [0.4, 0.5) is 14.6 Å². The minimum atomic E-state index is -0.536. The van der Waals surface area contributed by atoms with Gasteiger partial charge < -0.3 is 10.0 Å². The second-order valence-electron chi connectivity index (χ2n) is 5.48. The first-order valence-corrected chi connectivity index (χ1v) is 6.89. The molecule has 1 aliphatic rings.